The second-order valence-corrected chi connectivity index (χ2v) is 13.7. The maximum absolute atomic E-state index is 13.2. The van der Waals surface area contributed by atoms with Crippen LogP contribution in [0, 0.1) is 40.4 Å². The molecule has 0 saturated heterocycles. The molecule has 1 aromatic rings. The van der Waals surface area contributed by atoms with Crippen LogP contribution in [0.25, 0.3) is 0 Å². The van der Waals surface area contributed by atoms with Crippen molar-refractivity contribution in [1.29, 1.82) is 0 Å². The van der Waals surface area contributed by atoms with Crippen LogP contribution in [0.4, 0.5) is 0 Å². The molecule has 1 aliphatic heterocycles. The lowest BCUT2D eigenvalue weighted by atomic mass is 9.43. The summed E-state index contributed by atoms with van der Waals surface area (Å²) in [6.45, 7) is 7.81. The quantitative estimate of drug-likeness (QED) is 0.496. The first-order chi connectivity index (χ1) is 16.1. The molecule has 5 aliphatic rings. The molecule has 0 radical (unpaired) electrons. The Hall–Kier alpha value is -1.35. The Morgan fingerprint density at radius 2 is 1.68 bits per heavy atom. The van der Waals surface area contributed by atoms with Gasteiger partial charge in [0, 0.05) is 18.7 Å². The van der Waals surface area contributed by atoms with E-state index >= 15 is 0 Å². The average Bonchev–Trinajstić information content (AvgIpc) is 3.28. The van der Waals surface area contributed by atoms with Gasteiger partial charge in [-0.25, -0.2) is 0 Å². The fourth-order valence-electron chi connectivity index (χ4n) is 10.6. The van der Waals surface area contributed by atoms with Gasteiger partial charge in [0.05, 0.1) is 5.54 Å². The van der Waals surface area contributed by atoms with E-state index in [0.29, 0.717) is 16.9 Å². The summed E-state index contributed by atoms with van der Waals surface area (Å²) in [5, 5.41) is 0. The first-order valence-corrected chi connectivity index (χ1v) is 14.2. The molecule has 1 amide bonds. The second kappa shape index (κ2) is 7.58. The summed E-state index contributed by atoms with van der Waals surface area (Å²) in [6.07, 6.45) is 12.1. The van der Waals surface area contributed by atoms with Crippen molar-refractivity contribution in [2.24, 2.45) is 40.4 Å². The third-order valence-corrected chi connectivity index (χ3v) is 12.8. The highest BCUT2D eigenvalue weighted by atomic mass is 16.2. The summed E-state index contributed by atoms with van der Waals surface area (Å²) in [5.41, 5.74) is 3.19. The van der Waals surface area contributed by atoms with Crippen LogP contribution in [0.1, 0.15) is 94.5 Å². The Balaban J connectivity index is 1.28. The van der Waals surface area contributed by atoms with Gasteiger partial charge in [0.25, 0.3) is 5.91 Å². The topological polar surface area (TPSA) is 23.6 Å². The first-order valence-electron chi connectivity index (χ1n) is 14.2. The van der Waals surface area contributed by atoms with Crippen LogP contribution in [0.2, 0.25) is 0 Å². The third-order valence-electron chi connectivity index (χ3n) is 12.8. The number of nitrogens with zero attached hydrogens (tertiary/aromatic N) is 2. The minimum absolute atomic E-state index is 0.0620. The van der Waals surface area contributed by atoms with Gasteiger partial charge < -0.3 is 9.80 Å². The molecule has 5 unspecified atom stereocenters. The zero-order valence-corrected chi connectivity index (χ0v) is 22.4. The molecule has 6 rings (SSSR count). The van der Waals surface area contributed by atoms with E-state index < -0.39 is 0 Å². The van der Waals surface area contributed by atoms with Crippen molar-refractivity contribution < 1.29 is 4.79 Å². The van der Waals surface area contributed by atoms with E-state index in [1.54, 1.807) is 0 Å². The van der Waals surface area contributed by atoms with Gasteiger partial charge in [-0.1, -0.05) is 32.0 Å². The smallest absolute Gasteiger partial charge is 0.254 e. The van der Waals surface area contributed by atoms with E-state index in [4.69, 9.17) is 0 Å². The van der Waals surface area contributed by atoms with Gasteiger partial charge in [0.2, 0.25) is 0 Å². The Bertz CT molecular complexity index is 987. The lowest BCUT2D eigenvalue weighted by molar-refractivity contribution is -0.134. The summed E-state index contributed by atoms with van der Waals surface area (Å²) in [5.74, 6) is 4.56. The highest BCUT2D eigenvalue weighted by Gasteiger charge is 2.63. The van der Waals surface area contributed by atoms with Crippen molar-refractivity contribution in [1.82, 2.24) is 9.80 Å². The van der Waals surface area contributed by atoms with Gasteiger partial charge in [-0.3, -0.25) is 4.79 Å². The summed E-state index contributed by atoms with van der Waals surface area (Å²) >= 11 is 0. The molecule has 4 fully saturated rings. The van der Waals surface area contributed by atoms with Crippen molar-refractivity contribution in [2.75, 3.05) is 21.1 Å². The van der Waals surface area contributed by atoms with Gasteiger partial charge in [-0.2, -0.15) is 0 Å². The number of carbonyl (C=O) groups excluding carboxylic acids is 1. The molecule has 4 aliphatic carbocycles. The molecule has 4 saturated carbocycles. The lowest BCUT2D eigenvalue weighted by Crippen LogP contribution is -2.57. The molecule has 3 heteroatoms. The lowest BCUT2D eigenvalue weighted by Gasteiger charge is -2.63. The number of carbonyl (C=O) groups is 1. The molecule has 9 atom stereocenters. The zero-order chi connectivity index (χ0) is 24.0. The van der Waals surface area contributed by atoms with Crippen molar-refractivity contribution in [3.63, 3.8) is 0 Å². The SMILES string of the molecule is CC([C@H]1CCC2C3CCC4C[C@]5(CC[C@]4(C)C3CC[C@@]21C)c1ccccc1C(=O)N5C)N(C)C. The molecule has 34 heavy (non-hydrogen) atoms. The fourth-order valence-corrected chi connectivity index (χ4v) is 10.6. The molecule has 186 valence electrons. The normalized spacial score (nSPS) is 46.3. The number of amides is 1. The minimum Gasteiger partial charge on any atom is -0.332 e. The predicted molar refractivity (Wildman–Crippen MR) is 139 cm³/mol. The van der Waals surface area contributed by atoms with Gasteiger partial charge in [0.15, 0.2) is 0 Å². The number of benzene rings is 1. The first kappa shape index (κ1) is 23.1. The number of rotatable bonds is 2. The zero-order valence-electron chi connectivity index (χ0n) is 22.4. The Labute approximate surface area is 207 Å². The largest absolute Gasteiger partial charge is 0.332 e. The van der Waals surface area contributed by atoms with Crippen LogP contribution in [0.3, 0.4) is 0 Å². The molecule has 0 bridgehead atoms. The predicted octanol–water partition coefficient (Wildman–Crippen LogP) is 6.58. The van der Waals surface area contributed by atoms with E-state index in [1.165, 1.54) is 56.9 Å². The van der Waals surface area contributed by atoms with Crippen molar-refractivity contribution in [3.8, 4) is 0 Å². The van der Waals surface area contributed by atoms with E-state index in [0.717, 1.165) is 41.6 Å². The van der Waals surface area contributed by atoms with Crippen LogP contribution in [-0.2, 0) is 5.54 Å². The highest BCUT2D eigenvalue weighted by molar-refractivity contribution is 5.99. The Morgan fingerprint density at radius 3 is 2.44 bits per heavy atom. The maximum atomic E-state index is 13.2. The Morgan fingerprint density at radius 1 is 0.941 bits per heavy atom. The van der Waals surface area contributed by atoms with Gasteiger partial charge in [-0.15, -0.1) is 0 Å². The average molecular weight is 463 g/mol. The van der Waals surface area contributed by atoms with Crippen LogP contribution in [-0.4, -0.2) is 42.9 Å². The summed E-state index contributed by atoms with van der Waals surface area (Å²) in [6, 6.07) is 9.17. The van der Waals surface area contributed by atoms with Crippen LogP contribution in [0.5, 0.6) is 0 Å². The monoisotopic (exact) mass is 462 g/mol. The van der Waals surface area contributed by atoms with Crippen molar-refractivity contribution >= 4 is 5.91 Å². The van der Waals surface area contributed by atoms with Gasteiger partial charge in [0.1, 0.15) is 0 Å². The number of hydrogen-bond acceptors (Lipinski definition) is 2. The van der Waals surface area contributed by atoms with Crippen LogP contribution in [0.15, 0.2) is 24.3 Å². The van der Waals surface area contributed by atoms with E-state index in [2.05, 4.69) is 69.9 Å². The number of hydrogen-bond donors (Lipinski definition) is 0. The molecule has 1 heterocycles. The number of fused-ring (bicyclic) bond motifs is 7. The van der Waals surface area contributed by atoms with Crippen molar-refractivity contribution in [2.45, 2.75) is 90.1 Å². The second-order valence-electron chi connectivity index (χ2n) is 13.7. The third kappa shape index (κ3) is 2.83. The minimum atomic E-state index is -0.0620. The van der Waals surface area contributed by atoms with Gasteiger partial charge in [-0.05, 0) is 131 Å². The van der Waals surface area contributed by atoms with Crippen LogP contribution < -0.4 is 0 Å². The van der Waals surface area contributed by atoms with Crippen molar-refractivity contribution in [3.05, 3.63) is 35.4 Å². The summed E-state index contributed by atoms with van der Waals surface area (Å²) in [4.78, 5) is 17.8. The molecule has 0 N–H and O–H groups in total. The molecule has 0 aromatic heterocycles. The summed E-state index contributed by atoms with van der Waals surface area (Å²) < 4.78 is 0. The van der Waals surface area contributed by atoms with Gasteiger partial charge >= 0.3 is 0 Å². The standard InChI is InChI=1S/C31H46N2O/c1-20(32(4)5)24-13-14-25-22-12-11-21-19-31(27-10-8-7-9-23(27)28(34)33(31)6)18-17-29(21,2)26(22)15-16-30(24,25)3/h7-10,20-22,24-26H,11-19H2,1-6H3/t20?,21?,22?,24-,25?,26?,29+,30-,31-/m1/s1. The fraction of sp³-hybridized carbons (Fsp3) is 0.774. The van der Waals surface area contributed by atoms with E-state index in [9.17, 15) is 4.79 Å². The summed E-state index contributed by atoms with van der Waals surface area (Å²) in [7, 11) is 6.63. The molecule has 1 spiro atoms. The Kier molecular flexibility index (Phi) is 5.14. The molecular formula is C31H46N2O. The van der Waals surface area contributed by atoms with Crippen LogP contribution >= 0.6 is 0 Å². The molecule has 1 aromatic carbocycles. The molecular weight excluding hydrogens is 416 g/mol. The highest BCUT2D eigenvalue weighted by Crippen LogP contribution is 2.69. The van der Waals surface area contributed by atoms with E-state index in [1.807, 2.05) is 6.07 Å². The van der Waals surface area contributed by atoms with E-state index in [-0.39, 0.29) is 11.4 Å². The maximum Gasteiger partial charge on any atom is 0.254 e. The molecule has 3 nitrogen and oxygen atoms in total.